The van der Waals surface area contributed by atoms with E-state index < -0.39 is 0 Å². The molecule has 6 heteroatoms. The average molecular weight is 288 g/mol. The van der Waals surface area contributed by atoms with Gasteiger partial charge in [0.2, 0.25) is 5.78 Å². The second-order valence-electron chi connectivity index (χ2n) is 5.11. The van der Waals surface area contributed by atoms with Crippen LogP contribution in [-0.4, -0.2) is 53.2 Å². The Balaban J connectivity index is 2.34. The van der Waals surface area contributed by atoms with Crippen molar-refractivity contribution in [2.75, 3.05) is 27.7 Å². The van der Waals surface area contributed by atoms with Crippen LogP contribution in [0.2, 0.25) is 0 Å². The van der Waals surface area contributed by atoms with E-state index in [4.69, 9.17) is 4.74 Å². The molecule has 0 amide bonds. The van der Waals surface area contributed by atoms with Crippen LogP contribution in [0, 0.1) is 6.92 Å². The molecule has 0 radical (unpaired) electrons. The molecule has 0 spiro atoms. The molecule has 6 nitrogen and oxygen atoms in total. The first-order chi connectivity index (χ1) is 10.0. The van der Waals surface area contributed by atoms with Crippen LogP contribution in [0.25, 0.3) is 0 Å². The number of rotatable bonds is 6. The predicted molar refractivity (Wildman–Crippen MR) is 79.7 cm³/mol. The molecular formula is C15H20N4O2. The third-order valence-electron chi connectivity index (χ3n) is 3.17. The number of methoxy groups -OCH3 is 1. The third-order valence-corrected chi connectivity index (χ3v) is 3.17. The summed E-state index contributed by atoms with van der Waals surface area (Å²) in [7, 11) is 5.50. The summed E-state index contributed by atoms with van der Waals surface area (Å²) in [5, 5.41) is 4.25. The van der Waals surface area contributed by atoms with Crippen LogP contribution < -0.4 is 4.74 Å². The summed E-state index contributed by atoms with van der Waals surface area (Å²) in [5.74, 6) is 0.356. The molecule has 0 N–H and O–H groups in total. The van der Waals surface area contributed by atoms with Crippen molar-refractivity contribution in [3.05, 3.63) is 41.5 Å². The lowest BCUT2D eigenvalue weighted by Gasteiger charge is -2.12. The number of nitrogens with zero attached hydrogens (tertiary/aromatic N) is 4. The highest BCUT2D eigenvalue weighted by atomic mass is 16.5. The minimum atomic E-state index is -0.129. The number of carbonyl (C=O) groups is 1. The van der Waals surface area contributed by atoms with E-state index in [0.29, 0.717) is 23.6 Å². The molecule has 0 bridgehead atoms. The molecule has 0 atom stereocenters. The van der Waals surface area contributed by atoms with Gasteiger partial charge in [-0.15, -0.1) is 0 Å². The van der Waals surface area contributed by atoms with Crippen molar-refractivity contribution >= 4 is 5.78 Å². The number of aryl methyl sites for hydroxylation is 1. The van der Waals surface area contributed by atoms with Crippen molar-refractivity contribution in [2.45, 2.75) is 13.5 Å². The smallest absolute Gasteiger partial charge is 0.216 e. The van der Waals surface area contributed by atoms with Gasteiger partial charge in [0.25, 0.3) is 0 Å². The molecule has 0 aliphatic carbocycles. The summed E-state index contributed by atoms with van der Waals surface area (Å²) in [6, 6.07) is 3.59. The Morgan fingerprint density at radius 2 is 2.10 bits per heavy atom. The molecule has 0 aromatic carbocycles. The second kappa shape index (κ2) is 6.49. The minimum absolute atomic E-state index is 0.129. The van der Waals surface area contributed by atoms with Crippen LogP contribution in [-0.2, 0) is 6.54 Å². The van der Waals surface area contributed by atoms with Gasteiger partial charge in [0, 0.05) is 24.0 Å². The van der Waals surface area contributed by atoms with E-state index in [1.54, 1.807) is 23.1 Å². The first-order valence-electron chi connectivity index (χ1n) is 6.75. The highest BCUT2D eigenvalue weighted by Crippen LogP contribution is 2.21. The van der Waals surface area contributed by atoms with Crippen molar-refractivity contribution in [1.29, 1.82) is 0 Å². The Morgan fingerprint density at radius 1 is 1.33 bits per heavy atom. The maximum atomic E-state index is 12.7. The van der Waals surface area contributed by atoms with Gasteiger partial charge in [0.15, 0.2) is 11.4 Å². The third kappa shape index (κ3) is 3.46. The zero-order valence-electron chi connectivity index (χ0n) is 12.8. The summed E-state index contributed by atoms with van der Waals surface area (Å²) in [6.07, 6.45) is 3.16. The standard InChI is InChI=1S/C15H20N4O2/c1-11-5-6-12(9-16-11)15(20)14-13(21-4)10-17-19(14)8-7-18(2)3/h5-6,9-10H,7-8H2,1-4H3. The summed E-state index contributed by atoms with van der Waals surface area (Å²) in [4.78, 5) is 18.9. The molecule has 0 saturated carbocycles. The zero-order chi connectivity index (χ0) is 15.4. The van der Waals surface area contributed by atoms with Crippen LogP contribution in [0.5, 0.6) is 5.75 Å². The zero-order valence-corrected chi connectivity index (χ0v) is 12.8. The number of hydrogen-bond donors (Lipinski definition) is 0. The Bertz CT molecular complexity index is 617. The first-order valence-corrected chi connectivity index (χ1v) is 6.75. The highest BCUT2D eigenvalue weighted by molar-refractivity contribution is 6.09. The van der Waals surface area contributed by atoms with E-state index in [2.05, 4.69) is 10.1 Å². The number of pyridine rings is 1. The quantitative estimate of drug-likeness (QED) is 0.752. The van der Waals surface area contributed by atoms with E-state index in [1.807, 2.05) is 32.0 Å². The molecule has 112 valence electrons. The van der Waals surface area contributed by atoms with Gasteiger partial charge in [-0.05, 0) is 33.2 Å². The molecule has 0 fully saturated rings. The molecule has 21 heavy (non-hydrogen) atoms. The topological polar surface area (TPSA) is 60.2 Å². The Labute approximate surface area is 124 Å². The van der Waals surface area contributed by atoms with E-state index in [-0.39, 0.29) is 5.78 Å². The maximum absolute atomic E-state index is 12.7. The Morgan fingerprint density at radius 3 is 2.67 bits per heavy atom. The van der Waals surface area contributed by atoms with Gasteiger partial charge >= 0.3 is 0 Å². The summed E-state index contributed by atoms with van der Waals surface area (Å²) >= 11 is 0. The van der Waals surface area contributed by atoms with Gasteiger partial charge < -0.3 is 9.64 Å². The van der Waals surface area contributed by atoms with E-state index in [9.17, 15) is 4.79 Å². The minimum Gasteiger partial charge on any atom is -0.493 e. The van der Waals surface area contributed by atoms with E-state index in [1.165, 1.54) is 7.11 Å². The average Bonchev–Trinajstić information content (AvgIpc) is 2.88. The number of aromatic nitrogens is 3. The molecule has 0 saturated heterocycles. The second-order valence-corrected chi connectivity index (χ2v) is 5.11. The summed E-state index contributed by atoms with van der Waals surface area (Å²) in [5.41, 5.74) is 1.87. The van der Waals surface area contributed by atoms with Crippen LogP contribution in [0.15, 0.2) is 24.5 Å². The van der Waals surface area contributed by atoms with Gasteiger partial charge in [0.05, 0.1) is 19.9 Å². The lowest BCUT2D eigenvalue weighted by Crippen LogP contribution is -2.22. The monoisotopic (exact) mass is 288 g/mol. The van der Waals surface area contributed by atoms with Gasteiger partial charge in [0.1, 0.15) is 0 Å². The van der Waals surface area contributed by atoms with Crippen LogP contribution >= 0.6 is 0 Å². The SMILES string of the molecule is COc1cnn(CCN(C)C)c1C(=O)c1ccc(C)nc1. The number of likely N-dealkylation sites (N-methyl/N-ethyl adjacent to an activating group) is 1. The molecule has 0 unspecified atom stereocenters. The molecule has 2 heterocycles. The summed E-state index contributed by atoms with van der Waals surface area (Å²) in [6.45, 7) is 3.30. The largest absolute Gasteiger partial charge is 0.493 e. The van der Waals surface area contributed by atoms with Crippen LogP contribution in [0.1, 0.15) is 21.7 Å². The van der Waals surface area contributed by atoms with Crippen LogP contribution in [0.4, 0.5) is 0 Å². The van der Waals surface area contributed by atoms with Crippen molar-refractivity contribution in [1.82, 2.24) is 19.7 Å². The number of ketones is 1. The molecule has 2 aromatic heterocycles. The molecular weight excluding hydrogens is 268 g/mol. The fourth-order valence-electron chi connectivity index (χ4n) is 1.95. The van der Waals surface area contributed by atoms with Gasteiger partial charge in [-0.2, -0.15) is 5.10 Å². The Kier molecular flexibility index (Phi) is 4.70. The van der Waals surface area contributed by atoms with E-state index in [0.717, 1.165) is 12.2 Å². The summed E-state index contributed by atoms with van der Waals surface area (Å²) < 4.78 is 6.94. The van der Waals surface area contributed by atoms with Crippen molar-refractivity contribution in [2.24, 2.45) is 0 Å². The lowest BCUT2D eigenvalue weighted by molar-refractivity contribution is 0.102. The fraction of sp³-hybridized carbons (Fsp3) is 0.400. The van der Waals surface area contributed by atoms with Crippen LogP contribution in [0.3, 0.4) is 0 Å². The van der Waals surface area contributed by atoms with Gasteiger partial charge in [-0.25, -0.2) is 0 Å². The van der Waals surface area contributed by atoms with Gasteiger partial charge in [-0.3, -0.25) is 14.5 Å². The molecule has 0 aliphatic rings. The first kappa shape index (κ1) is 15.2. The normalized spacial score (nSPS) is 10.9. The van der Waals surface area contributed by atoms with Crippen molar-refractivity contribution in [3.8, 4) is 5.75 Å². The number of ether oxygens (including phenoxy) is 1. The van der Waals surface area contributed by atoms with Gasteiger partial charge in [-0.1, -0.05) is 0 Å². The molecule has 0 aliphatic heterocycles. The fourth-order valence-corrected chi connectivity index (χ4v) is 1.95. The maximum Gasteiger partial charge on any atom is 0.216 e. The highest BCUT2D eigenvalue weighted by Gasteiger charge is 2.21. The molecule has 2 rings (SSSR count). The van der Waals surface area contributed by atoms with Crippen molar-refractivity contribution < 1.29 is 9.53 Å². The van der Waals surface area contributed by atoms with Crippen molar-refractivity contribution in [3.63, 3.8) is 0 Å². The molecule has 2 aromatic rings. The number of carbonyl (C=O) groups excluding carboxylic acids is 1. The van der Waals surface area contributed by atoms with E-state index >= 15 is 0 Å². The predicted octanol–water partition coefficient (Wildman–Crippen LogP) is 1.39. The Hall–Kier alpha value is -2.21. The number of hydrogen-bond acceptors (Lipinski definition) is 5. The lowest BCUT2D eigenvalue weighted by atomic mass is 10.1.